The van der Waals surface area contributed by atoms with Gasteiger partial charge in [-0.15, -0.1) is 0 Å². The molecule has 0 amide bonds. The summed E-state index contributed by atoms with van der Waals surface area (Å²) in [7, 11) is -9.92. The first-order chi connectivity index (χ1) is 48.8. The minimum absolute atomic E-state index is 0.105. The summed E-state index contributed by atoms with van der Waals surface area (Å²) in [6, 6.07) is 0. The number of phosphoric acid groups is 2. The number of hydrogen-bond acceptors (Lipinski definition) is 15. The summed E-state index contributed by atoms with van der Waals surface area (Å²) in [5.74, 6) is 0.241. The van der Waals surface area contributed by atoms with Gasteiger partial charge in [0, 0.05) is 25.7 Å². The number of carbonyl (C=O) groups excluding carboxylic acids is 4. The maximum absolute atomic E-state index is 13.1. The molecule has 0 aliphatic heterocycles. The minimum Gasteiger partial charge on any atom is -0.462 e. The summed E-state index contributed by atoms with van der Waals surface area (Å²) in [5, 5.41) is 10.6. The molecule has 600 valence electrons. The SMILES string of the molecule is CCCCCCCCCCCCCCCCCC(=O)OC[C@H](COP(=O)(O)OC[C@@H](O)COP(=O)(O)OC[C@@H](COC(=O)CCCCCCCCCCCC(C)C)OC(=O)CCCCCCCCCCCC(C)C)OC(=O)CCCCCCCCCCCCCCCCCCCCC(C)CC. The van der Waals surface area contributed by atoms with E-state index < -0.39 is 97.5 Å². The number of phosphoric ester groups is 2. The van der Waals surface area contributed by atoms with Gasteiger partial charge in [0.05, 0.1) is 26.4 Å². The van der Waals surface area contributed by atoms with Crippen LogP contribution in [0.3, 0.4) is 0 Å². The molecule has 0 aliphatic rings. The molecule has 6 atom stereocenters. The van der Waals surface area contributed by atoms with E-state index in [9.17, 15) is 43.2 Å². The molecule has 0 aromatic heterocycles. The van der Waals surface area contributed by atoms with Gasteiger partial charge in [-0.25, -0.2) is 9.13 Å². The zero-order valence-corrected chi connectivity index (χ0v) is 68.2. The Morgan fingerprint density at radius 2 is 0.505 bits per heavy atom. The molecule has 0 aliphatic carbocycles. The largest absolute Gasteiger partial charge is 0.472 e. The fourth-order valence-corrected chi connectivity index (χ4v) is 14.2. The van der Waals surface area contributed by atoms with Crippen molar-refractivity contribution in [2.24, 2.45) is 17.8 Å². The molecular weight excluding hydrogens is 1320 g/mol. The lowest BCUT2D eigenvalue weighted by Crippen LogP contribution is -2.30. The second kappa shape index (κ2) is 72.3. The van der Waals surface area contributed by atoms with Crippen LogP contribution in [0, 0.1) is 17.8 Å². The van der Waals surface area contributed by atoms with Crippen molar-refractivity contribution in [3.8, 4) is 0 Å². The van der Waals surface area contributed by atoms with Crippen LogP contribution < -0.4 is 0 Å². The monoisotopic (exact) mass is 1480 g/mol. The molecule has 0 saturated carbocycles. The third-order valence-corrected chi connectivity index (χ3v) is 21.4. The summed E-state index contributed by atoms with van der Waals surface area (Å²) >= 11 is 0. The molecule has 0 heterocycles. The van der Waals surface area contributed by atoms with E-state index in [2.05, 4.69) is 48.5 Å². The molecule has 0 bridgehead atoms. The summed E-state index contributed by atoms with van der Waals surface area (Å²) < 4.78 is 68.7. The van der Waals surface area contributed by atoms with E-state index >= 15 is 0 Å². The molecule has 0 spiro atoms. The van der Waals surface area contributed by atoms with Crippen molar-refractivity contribution in [2.45, 2.75) is 446 Å². The number of hydrogen-bond donors (Lipinski definition) is 3. The highest BCUT2D eigenvalue weighted by molar-refractivity contribution is 7.47. The molecule has 0 aromatic carbocycles. The highest BCUT2D eigenvalue weighted by Crippen LogP contribution is 2.45. The van der Waals surface area contributed by atoms with Gasteiger partial charge < -0.3 is 33.8 Å². The van der Waals surface area contributed by atoms with Crippen molar-refractivity contribution in [3.63, 3.8) is 0 Å². The molecule has 0 rings (SSSR count). The number of aliphatic hydroxyl groups excluding tert-OH is 1. The summed E-state index contributed by atoms with van der Waals surface area (Å²) in [4.78, 5) is 73.0. The maximum atomic E-state index is 13.1. The quantitative estimate of drug-likeness (QED) is 0.0222. The first-order valence-corrected chi connectivity index (χ1v) is 45.4. The summed E-state index contributed by atoms with van der Waals surface area (Å²) in [6.07, 6.45) is 61.1. The Balaban J connectivity index is 5.22. The smallest absolute Gasteiger partial charge is 0.462 e. The molecule has 101 heavy (non-hydrogen) atoms. The number of ether oxygens (including phenoxy) is 4. The van der Waals surface area contributed by atoms with Gasteiger partial charge in [0.25, 0.3) is 0 Å². The van der Waals surface area contributed by atoms with Crippen molar-refractivity contribution < 1.29 is 80.2 Å². The Morgan fingerprint density at radius 1 is 0.287 bits per heavy atom. The van der Waals surface area contributed by atoms with Gasteiger partial charge in [-0.1, -0.05) is 376 Å². The molecule has 0 saturated heterocycles. The second-order valence-electron chi connectivity index (χ2n) is 30.7. The Bertz CT molecular complexity index is 1960. The van der Waals surface area contributed by atoms with Gasteiger partial charge >= 0.3 is 39.5 Å². The number of aliphatic hydroxyl groups is 1. The molecular formula is C82H160O17P2. The fourth-order valence-electron chi connectivity index (χ4n) is 12.6. The van der Waals surface area contributed by atoms with E-state index in [0.717, 1.165) is 108 Å². The van der Waals surface area contributed by atoms with Crippen LogP contribution in [0.25, 0.3) is 0 Å². The van der Waals surface area contributed by atoms with Gasteiger partial charge in [0.1, 0.15) is 19.3 Å². The molecule has 3 unspecified atom stereocenters. The van der Waals surface area contributed by atoms with E-state index in [1.165, 1.54) is 238 Å². The molecule has 0 aromatic rings. The van der Waals surface area contributed by atoms with Crippen LogP contribution >= 0.6 is 15.6 Å². The Morgan fingerprint density at radius 3 is 0.752 bits per heavy atom. The van der Waals surface area contributed by atoms with Crippen molar-refractivity contribution >= 4 is 39.5 Å². The lowest BCUT2D eigenvalue weighted by atomic mass is 9.99. The molecule has 3 N–H and O–H groups in total. The first-order valence-electron chi connectivity index (χ1n) is 42.4. The van der Waals surface area contributed by atoms with E-state index in [1.807, 2.05) is 0 Å². The van der Waals surface area contributed by atoms with Crippen LogP contribution in [-0.4, -0.2) is 96.7 Å². The van der Waals surface area contributed by atoms with E-state index in [4.69, 9.17) is 37.0 Å². The predicted molar refractivity (Wildman–Crippen MR) is 414 cm³/mol. The third kappa shape index (κ3) is 74.7. The lowest BCUT2D eigenvalue weighted by molar-refractivity contribution is -0.161. The zero-order valence-electron chi connectivity index (χ0n) is 66.4. The topological polar surface area (TPSA) is 237 Å². The van der Waals surface area contributed by atoms with Gasteiger partial charge in [0.2, 0.25) is 0 Å². The average molecular weight is 1480 g/mol. The second-order valence-corrected chi connectivity index (χ2v) is 33.6. The van der Waals surface area contributed by atoms with Gasteiger partial charge in [-0.2, -0.15) is 0 Å². The lowest BCUT2D eigenvalue weighted by Gasteiger charge is -2.21. The Kier molecular flexibility index (Phi) is 70.9. The summed E-state index contributed by atoms with van der Waals surface area (Å²) in [5.41, 5.74) is 0. The maximum Gasteiger partial charge on any atom is 0.472 e. The van der Waals surface area contributed by atoms with E-state index in [-0.39, 0.29) is 25.7 Å². The van der Waals surface area contributed by atoms with Crippen LogP contribution in [0.15, 0.2) is 0 Å². The van der Waals surface area contributed by atoms with Crippen LogP contribution in [0.1, 0.15) is 427 Å². The standard InChI is InChI=1S/C82H160O17P2/c1-8-10-11-12-13-14-15-16-21-25-28-35-42-49-56-63-79(84)92-69-77(98-81(86)65-58-51-44-36-29-26-23-20-18-17-19-22-24-27-34-41-48-55-62-75(7)9-2)71-96-100(88,89)94-67-76(83)68-95-101(90,91)97-72-78(99-82(87)66-59-52-45-38-31-33-40-47-54-61-74(5)6)70-93-80(85)64-57-50-43-37-30-32-39-46-53-60-73(3)4/h73-78,83H,8-72H2,1-7H3,(H,88,89)(H,90,91)/t75?,76-,77-,78-/m1/s1. The van der Waals surface area contributed by atoms with Crippen molar-refractivity contribution in [1.82, 2.24) is 0 Å². The van der Waals surface area contributed by atoms with Crippen LogP contribution in [0.4, 0.5) is 0 Å². The Hall–Kier alpha value is -1.94. The highest BCUT2D eigenvalue weighted by atomic mass is 31.2. The molecule has 17 nitrogen and oxygen atoms in total. The van der Waals surface area contributed by atoms with Gasteiger partial charge in [0.15, 0.2) is 12.2 Å². The molecule has 0 fully saturated rings. The number of unbranched alkanes of at least 4 members (excludes halogenated alkanes) is 47. The fraction of sp³-hybridized carbons (Fsp3) is 0.951. The number of rotatable bonds is 80. The highest BCUT2D eigenvalue weighted by Gasteiger charge is 2.30. The van der Waals surface area contributed by atoms with Crippen LogP contribution in [0.2, 0.25) is 0 Å². The Labute approximate surface area is 619 Å². The third-order valence-electron chi connectivity index (χ3n) is 19.5. The number of esters is 4. The predicted octanol–water partition coefficient (Wildman–Crippen LogP) is 24.5. The summed E-state index contributed by atoms with van der Waals surface area (Å²) in [6.45, 7) is 12.0. The van der Waals surface area contributed by atoms with Gasteiger partial charge in [-0.3, -0.25) is 37.3 Å². The normalized spacial score (nSPS) is 14.2. The van der Waals surface area contributed by atoms with Crippen molar-refractivity contribution in [1.29, 1.82) is 0 Å². The van der Waals surface area contributed by atoms with Crippen molar-refractivity contribution in [3.05, 3.63) is 0 Å². The average Bonchev–Trinajstić information content (AvgIpc) is 0.912. The van der Waals surface area contributed by atoms with Crippen molar-refractivity contribution in [2.75, 3.05) is 39.6 Å². The van der Waals surface area contributed by atoms with Gasteiger partial charge in [-0.05, 0) is 43.4 Å². The molecule has 0 radical (unpaired) electrons. The van der Waals surface area contributed by atoms with E-state index in [0.29, 0.717) is 25.7 Å². The number of carbonyl (C=O) groups is 4. The molecule has 19 heteroatoms. The zero-order chi connectivity index (χ0) is 74.4. The van der Waals surface area contributed by atoms with E-state index in [1.54, 1.807) is 0 Å². The minimum atomic E-state index is -4.96. The van der Waals surface area contributed by atoms with Crippen LogP contribution in [0.5, 0.6) is 0 Å². The first kappa shape index (κ1) is 99.1. The van der Waals surface area contributed by atoms with Crippen LogP contribution in [-0.2, 0) is 65.4 Å².